The number of carbonyl (C=O) groups is 1. The van der Waals surface area contributed by atoms with Crippen molar-refractivity contribution in [1.29, 1.82) is 0 Å². The predicted molar refractivity (Wildman–Crippen MR) is 92.5 cm³/mol. The summed E-state index contributed by atoms with van der Waals surface area (Å²) in [5.74, 6) is 0.713. The minimum Gasteiger partial charge on any atom is -0.339 e. The SMILES string of the molecule is CCC(CC)CN(CC)C(=O)c1cc(I)ccc1Br. The summed E-state index contributed by atoms with van der Waals surface area (Å²) in [5.41, 5.74) is 0.764. The Hall–Kier alpha value is -0.100. The third-order valence-electron chi connectivity index (χ3n) is 3.46. The number of benzene rings is 1. The van der Waals surface area contributed by atoms with Crippen LogP contribution in [0.5, 0.6) is 0 Å². The van der Waals surface area contributed by atoms with E-state index in [1.165, 1.54) is 0 Å². The van der Waals surface area contributed by atoms with E-state index in [0.29, 0.717) is 5.92 Å². The number of nitrogens with zero attached hydrogens (tertiary/aromatic N) is 1. The maximum absolute atomic E-state index is 12.6. The third-order valence-corrected chi connectivity index (χ3v) is 4.82. The second-order valence-electron chi connectivity index (χ2n) is 4.65. The molecular formula is C15H21BrINO. The summed E-state index contributed by atoms with van der Waals surface area (Å²) in [7, 11) is 0. The molecule has 0 N–H and O–H groups in total. The molecule has 0 unspecified atom stereocenters. The van der Waals surface area contributed by atoms with E-state index in [4.69, 9.17) is 0 Å². The van der Waals surface area contributed by atoms with Crippen molar-refractivity contribution in [2.75, 3.05) is 13.1 Å². The highest BCUT2D eigenvalue weighted by Gasteiger charge is 2.19. The van der Waals surface area contributed by atoms with Gasteiger partial charge in [-0.05, 0) is 69.6 Å². The van der Waals surface area contributed by atoms with Gasteiger partial charge in [0, 0.05) is 21.1 Å². The second-order valence-corrected chi connectivity index (χ2v) is 6.75. The van der Waals surface area contributed by atoms with Gasteiger partial charge in [0.25, 0.3) is 5.91 Å². The topological polar surface area (TPSA) is 20.3 Å². The van der Waals surface area contributed by atoms with E-state index < -0.39 is 0 Å². The van der Waals surface area contributed by atoms with Crippen LogP contribution in [0.4, 0.5) is 0 Å². The van der Waals surface area contributed by atoms with Gasteiger partial charge in [0.1, 0.15) is 0 Å². The quantitative estimate of drug-likeness (QED) is 0.576. The van der Waals surface area contributed by atoms with Crippen molar-refractivity contribution in [2.24, 2.45) is 5.92 Å². The van der Waals surface area contributed by atoms with E-state index >= 15 is 0 Å². The van der Waals surface area contributed by atoms with Gasteiger partial charge in [0.2, 0.25) is 0 Å². The van der Waals surface area contributed by atoms with Crippen LogP contribution in [0.2, 0.25) is 0 Å². The molecule has 0 aromatic heterocycles. The molecule has 106 valence electrons. The number of amides is 1. The Balaban J connectivity index is 2.92. The number of hydrogen-bond acceptors (Lipinski definition) is 1. The molecular weight excluding hydrogens is 417 g/mol. The zero-order valence-corrected chi connectivity index (χ0v) is 15.5. The van der Waals surface area contributed by atoms with Crippen LogP contribution in [-0.2, 0) is 0 Å². The molecule has 0 saturated heterocycles. The van der Waals surface area contributed by atoms with Crippen molar-refractivity contribution in [3.63, 3.8) is 0 Å². The highest BCUT2D eigenvalue weighted by molar-refractivity contribution is 14.1. The molecule has 4 heteroatoms. The highest BCUT2D eigenvalue weighted by Crippen LogP contribution is 2.22. The predicted octanol–water partition coefficient (Wildman–Crippen LogP) is 4.95. The van der Waals surface area contributed by atoms with Gasteiger partial charge in [-0.3, -0.25) is 4.79 Å². The number of hydrogen-bond donors (Lipinski definition) is 0. The van der Waals surface area contributed by atoms with Crippen LogP contribution in [0.3, 0.4) is 0 Å². The fraction of sp³-hybridized carbons (Fsp3) is 0.533. The molecule has 0 aliphatic heterocycles. The van der Waals surface area contributed by atoms with Gasteiger partial charge < -0.3 is 4.90 Å². The average molecular weight is 438 g/mol. The number of rotatable bonds is 6. The Morgan fingerprint density at radius 1 is 1.32 bits per heavy atom. The first-order valence-electron chi connectivity index (χ1n) is 6.77. The van der Waals surface area contributed by atoms with Crippen LogP contribution < -0.4 is 0 Å². The second kappa shape index (κ2) is 8.25. The summed E-state index contributed by atoms with van der Waals surface area (Å²) in [4.78, 5) is 14.6. The molecule has 19 heavy (non-hydrogen) atoms. The van der Waals surface area contributed by atoms with Crippen LogP contribution in [0, 0.1) is 9.49 Å². The normalized spacial score (nSPS) is 10.8. The fourth-order valence-electron chi connectivity index (χ4n) is 2.05. The van der Waals surface area contributed by atoms with Crippen molar-refractivity contribution in [3.05, 3.63) is 31.8 Å². The molecule has 0 heterocycles. The van der Waals surface area contributed by atoms with Crippen LogP contribution in [-0.4, -0.2) is 23.9 Å². The molecule has 0 fully saturated rings. The summed E-state index contributed by atoms with van der Waals surface area (Å²) in [5, 5.41) is 0. The smallest absolute Gasteiger partial charge is 0.255 e. The molecule has 0 spiro atoms. The zero-order valence-electron chi connectivity index (χ0n) is 11.7. The monoisotopic (exact) mass is 437 g/mol. The van der Waals surface area contributed by atoms with E-state index in [1.54, 1.807) is 0 Å². The fourth-order valence-corrected chi connectivity index (χ4v) is 2.95. The summed E-state index contributed by atoms with van der Waals surface area (Å²) in [6, 6.07) is 5.89. The first kappa shape index (κ1) is 17.0. The average Bonchev–Trinajstić information content (AvgIpc) is 2.42. The van der Waals surface area contributed by atoms with Gasteiger partial charge in [-0.1, -0.05) is 26.7 Å². The summed E-state index contributed by atoms with van der Waals surface area (Å²) in [6.07, 6.45) is 2.24. The maximum atomic E-state index is 12.6. The zero-order chi connectivity index (χ0) is 14.4. The molecule has 2 nitrogen and oxygen atoms in total. The van der Waals surface area contributed by atoms with Crippen LogP contribution in [0.25, 0.3) is 0 Å². The Bertz CT molecular complexity index is 432. The van der Waals surface area contributed by atoms with Gasteiger partial charge in [-0.15, -0.1) is 0 Å². The lowest BCUT2D eigenvalue weighted by molar-refractivity contribution is 0.0734. The van der Waals surface area contributed by atoms with Crippen molar-refractivity contribution in [2.45, 2.75) is 33.6 Å². The Morgan fingerprint density at radius 3 is 2.47 bits per heavy atom. The molecule has 1 amide bonds. The van der Waals surface area contributed by atoms with E-state index in [0.717, 1.165) is 39.5 Å². The van der Waals surface area contributed by atoms with Crippen LogP contribution in [0.15, 0.2) is 22.7 Å². The standard InChI is InChI=1S/C15H21BrINO/c1-4-11(5-2)10-18(6-3)15(19)13-9-12(17)7-8-14(13)16/h7-9,11H,4-6,10H2,1-3H3. The lowest BCUT2D eigenvalue weighted by atomic mass is 10.0. The molecule has 1 aromatic rings. The van der Waals surface area contributed by atoms with E-state index in [9.17, 15) is 4.79 Å². The van der Waals surface area contributed by atoms with Crippen molar-refractivity contribution < 1.29 is 4.79 Å². The van der Waals surface area contributed by atoms with Gasteiger partial charge >= 0.3 is 0 Å². The van der Waals surface area contributed by atoms with E-state index in [-0.39, 0.29) is 5.91 Å². The van der Waals surface area contributed by atoms with Crippen molar-refractivity contribution >= 4 is 44.4 Å². The minimum absolute atomic E-state index is 0.125. The summed E-state index contributed by atoms with van der Waals surface area (Å²) >= 11 is 5.72. The summed E-state index contributed by atoms with van der Waals surface area (Å²) < 4.78 is 1.96. The Morgan fingerprint density at radius 2 is 1.95 bits per heavy atom. The Kier molecular flexibility index (Phi) is 7.36. The molecule has 1 rings (SSSR count). The minimum atomic E-state index is 0.125. The maximum Gasteiger partial charge on any atom is 0.255 e. The lowest BCUT2D eigenvalue weighted by Crippen LogP contribution is -2.35. The molecule has 0 saturated carbocycles. The molecule has 0 radical (unpaired) electrons. The molecule has 1 aromatic carbocycles. The molecule has 0 aliphatic carbocycles. The highest BCUT2D eigenvalue weighted by atomic mass is 127. The molecule has 0 atom stereocenters. The van der Waals surface area contributed by atoms with Gasteiger partial charge in [0.15, 0.2) is 0 Å². The largest absolute Gasteiger partial charge is 0.339 e. The van der Waals surface area contributed by atoms with E-state index in [2.05, 4.69) is 52.4 Å². The van der Waals surface area contributed by atoms with Gasteiger partial charge in [-0.25, -0.2) is 0 Å². The molecule has 0 aliphatic rings. The lowest BCUT2D eigenvalue weighted by Gasteiger charge is -2.26. The van der Waals surface area contributed by atoms with Crippen molar-refractivity contribution in [3.8, 4) is 0 Å². The van der Waals surface area contributed by atoms with E-state index in [1.807, 2.05) is 30.0 Å². The first-order valence-corrected chi connectivity index (χ1v) is 8.64. The first-order chi connectivity index (χ1) is 9.03. The van der Waals surface area contributed by atoms with Crippen LogP contribution in [0.1, 0.15) is 44.0 Å². The van der Waals surface area contributed by atoms with Gasteiger partial charge in [0.05, 0.1) is 5.56 Å². The Labute approximate surface area is 138 Å². The van der Waals surface area contributed by atoms with Crippen LogP contribution >= 0.6 is 38.5 Å². The summed E-state index contributed by atoms with van der Waals surface area (Å²) in [6.45, 7) is 8.03. The van der Waals surface area contributed by atoms with Gasteiger partial charge in [-0.2, -0.15) is 0 Å². The number of carbonyl (C=O) groups excluding carboxylic acids is 1. The number of halogens is 2. The van der Waals surface area contributed by atoms with Crippen molar-refractivity contribution in [1.82, 2.24) is 4.90 Å². The third kappa shape index (κ3) is 4.74. The molecule has 0 bridgehead atoms.